The third-order valence-electron chi connectivity index (χ3n) is 6.06. The molecule has 1 fully saturated rings. The Balaban J connectivity index is 1.41. The molecule has 2 aromatic heterocycles. The number of pyridine rings is 1. The van der Waals surface area contributed by atoms with Crippen LogP contribution in [0.15, 0.2) is 48.8 Å². The van der Waals surface area contributed by atoms with E-state index in [-0.39, 0.29) is 23.4 Å². The molecule has 3 heterocycles. The van der Waals surface area contributed by atoms with Gasteiger partial charge < -0.3 is 9.64 Å². The van der Waals surface area contributed by atoms with Crippen LogP contribution in [-0.4, -0.2) is 51.6 Å². The minimum atomic E-state index is -4.48. The Morgan fingerprint density at radius 3 is 2.26 bits per heavy atom. The molecule has 0 aliphatic carbocycles. The number of carbonyl (C=O) groups is 2. The summed E-state index contributed by atoms with van der Waals surface area (Å²) in [5.41, 5.74) is 0.589. The van der Waals surface area contributed by atoms with Crippen molar-refractivity contribution in [2.24, 2.45) is 5.92 Å². The van der Waals surface area contributed by atoms with E-state index in [1.807, 2.05) is 0 Å². The summed E-state index contributed by atoms with van der Waals surface area (Å²) >= 11 is 0. The molecule has 0 atom stereocenters. The predicted octanol–water partition coefficient (Wildman–Crippen LogP) is 4.34. The lowest BCUT2D eigenvalue weighted by atomic mass is 9.88. The molecule has 1 aromatic carbocycles. The molecular weight excluding hydrogens is 449 g/mol. The van der Waals surface area contributed by atoms with Crippen molar-refractivity contribution in [1.29, 1.82) is 0 Å². The third kappa shape index (κ3) is 4.66. The summed E-state index contributed by atoms with van der Waals surface area (Å²) < 4.78 is 44.8. The van der Waals surface area contributed by atoms with Gasteiger partial charge in [0.25, 0.3) is 5.91 Å². The van der Waals surface area contributed by atoms with Crippen LogP contribution >= 0.6 is 0 Å². The summed E-state index contributed by atoms with van der Waals surface area (Å²) in [6.07, 6.45) is -1.25. The number of likely N-dealkylation sites (tertiary alicyclic amines) is 1. The van der Waals surface area contributed by atoms with Crippen molar-refractivity contribution in [3.63, 3.8) is 0 Å². The van der Waals surface area contributed by atoms with Crippen molar-refractivity contribution >= 4 is 11.7 Å². The maximum absolute atomic E-state index is 13.1. The summed E-state index contributed by atoms with van der Waals surface area (Å²) in [6.45, 7) is 2.52. The first-order valence-electron chi connectivity index (χ1n) is 10.7. The molecule has 0 radical (unpaired) electrons. The van der Waals surface area contributed by atoms with Gasteiger partial charge in [0, 0.05) is 30.8 Å². The standard InChI is InChI=1S/C24H23F3N4O3/c1-15-20(14-29-31(15)21-8-5-18(13-28-21)24(25,26)27)23(33)30-11-9-17(10-12-30)22(32)16-3-6-19(34-2)7-4-16/h3-8,13-14,17H,9-12H2,1-2H3. The first-order valence-corrected chi connectivity index (χ1v) is 10.7. The number of benzene rings is 1. The zero-order valence-electron chi connectivity index (χ0n) is 18.7. The number of halogens is 3. The number of aromatic nitrogens is 3. The molecule has 0 bridgehead atoms. The minimum absolute atomic E-state index is 0.0483. The van der Waals surface area contributed by atoms with E-state index in [4.69, 9.17) is 4.74 Å². The van der Waals surface area contributed by atoms with Crippen LogP contribution in [0.1, 0.15) is 44.8 Å². The average molecular weight is 472 g/mol. The first kappa shape index (κ1) is 23.5. The summed E-state index contributed by atoms with van der Waals surface area (Å²) in [4.78, 5) is 31.4. The van der Waals surface area contributed by atoms with Gasteiger partial charge in [-0.15, -0.1) is 0 Å². The van der Waals surface area contributed by atoms with Gasteiger partial charge in [-0.05, 0) is 56.2 Å². The van der Waals surface area contributed by atoms with E-state index < -0.39 is 11.7 Å². The molecule has 4 rings (SSSR count). The average Bonchev–Trinajstić information content (AvgIpc) is 3.24. The number of alkyl halides is 3. The lowest BCUT2D eigenvalue weighted by Crippen LogP contribution is -2.40. The first-order chi connectivity index (χ1) is 16.2. The Kier molecular flexibility index (Phi) is 6.41. The molecule has 1 aliphatic heterocycles. The van der Waals surface area contributed by atoms with Gasteiger partial charge in [-0.3, -0.25) is 9.59 Å². The van der Waals surface area contributed by atoms with E-state index >= 15 is 0 Å². The number of ether oxygens (including phenoxy) is 1. The van der Waals surface area contributed by atoms with Gasteiger partial charge in [0.1, 0.15) is 5.75 Å². The fourth-order valence-corrected chi connectivity index (χ4v) is 4.04. The van der Waals surface area contributed by atoms with Gasteiger partial charge in [0.05, 0.1) is 30.1 Å². The highest BCUT2D eigenvalue weighted by Gasteiger charge is 2.32. The zero-order chi connectivity index (χ0) is 24.5. The number of hydrogen-bond acceptors (Lipinski definition) is 5. The molecule has 178 valence electrons. The second-order valence-corrected chi connectivity index (χ2v) is 8.12. The number of amides is 1. The number of methoxy groups -OCH3 is 1. The van der Waals surface area contributed by atoms with E-state index in [1.54, 1.807) is 43.2 Å². The van der Waals surface area contributed by atoms with Gasteiger partial charge in [0.2, 0.25) is 0 Å². The van der Waals surface area contributed by atoms with Crippen LogP contribution in [-0.2, 0) is 6.18 Å². The number of Topliss-reactive ketones (excluding diaryl/α,β-unsaturated/α-hetero) is 1. The molecule has 0 saturated carbocycles. The molecule has 1 amide bonds. The lowest BCUT2D eigenvalue weighted by Gasteiger charge is -2.31. The van der Waals surface area contributed by atoms with Crippen molar-refractivity contribution in [2.45, 2.75) is 25.9 Å². The summed E-state index contributed by atoms with van der Waals surface area (Å²) in [5.74, 6) is 0.517. The minimum Gasteiger partial charge on any atom is -0.497 e. The Labute approximate surface area is 194 Å². The lowest BCUT2D eigenvalue weighted by molar-refractivity contribution is -0.137. The highest BCUT2D eigenvalue weighted by atomic mass is 19.4. The van der Waals surface area contributed by atoms with Crippen molar-refractivity contribution in [1.82, 2.24) is 19.7 Å². The van der Waals surface area contributed by atoms with Gasteiger partial charge in [0.15, 0.2) is 11.6 Å². The van der Waals surface area contributed by atoms with Crippen molar-refractivity contribution in [2.75, 3.05) is 20.2 Å². The smallest absolute Gasteiger partial charge is 0.417 e. The largest absolute Gasteiger partial charge is 0.497 e. The Hall–Kier alpha value is -3.69. The number of ketones is 1. The molecule has 10 heteroatoms. The molecule has 0 N–H and O–H groups in total. The number of rotatable bonds is 5. The second kappa shape index (κ2) is 9.28. The van der Waals surface area contributed by atoms with Gasteiger partial charge in [-0.2, -0.15) is 18.3 Å². The van der Waals surface area contributed by atoms with Gasteiger partial charge in [-0.1, -0.05) is 0 Å². The normalized spacial score (nSPS) is 14.8. The molecule has 7 nitrogen and oxygen atoms in total. The summed E-state index contributed by atoms with van der Waals surface area (Å²) in [5, 5.41) is 4.15. The van der Waals surface area contributed by atoms with E-state index in [0.717, 1.165) is 12.3 Å². The van der Waals surface area contributed by atoms with Gasteiger partial charge in [-0.25, -0.2) is 9.67 Å². The maximum Gasteiger partial charge on any atom is 0.417 e. The van der Waals surface area contributed by atoms with Crippen molar-refractivity contribution in [3.05, 3.63) is 71.2 Å². The highest BCUT2D eigenvalue weighted by Crippen LogP contribution is 2.29. The van der Waals surface area contributed by atoms with E-state index in [0.29, 0.717) is 48.5 Å². The number of nitrogens with zero attached hydrogens (tertiary/aromatic N) is 4. The van der Waals surface area contributed by atoms with Gasteiger partial charge >= 0.3 is 6.18 Å². The van der Waals surface area contributed by atoms with E-state index in [9.17, 15) is 22.8 Å². The molecule has 3 aromatic rings. The molecular formula is C24H23F3N4O3. The van der Waals surface area contributed by atoms with Crippen molar-refractivity contribution in [3.8, 4) is 11.6 Å². The molecule has 0 unspecified atom stereocenters. The Morgan fingerprint density at radius 2 is 1.71 bits per heavy atom. The van der Waals surface area contributed by atoms with Crippen LogP contribution in [0.25, 0.3) is 5.82 Å². The molecule has 1 aliphatic rings. The van der Waals surface area contributed by atoms with Crippen LogP contribution in [0.3, 0.4) is 0 Å². The molecule has 0 spiro atoms. The Morgan fingerprint density at radius 1 is 1.03 bits per heavy atom. The number of carbonyl (C=O) groups excluding carboxylic acids is 2. The van der Waals surface area contributed by atoms with E-state index in [1.165, 1.54) is 16.9 Å². The summed E-state index contributed by atoms with van der Waals surface area (Å²) in [6, 6.07) is 9.12. The summed E-state index contributed by atoms with van der Waals surface area (Å²) in [7, 11) is 1.56. The fourth-order valence-electron chi connectivity index (χ4n) is 4.04. The van der Waals surface area contributed by atoms with Crippen molar-refractivity contribution < 1.29 is 27.5 Å². The topological polar surface area (TPSA) is 77.3 Å². The van der Waals surface area contributed by atoms with E-state index in [2.05, 4.69) is 10.1 Å². The van der Waals surface area contributed by atoms with Crippen LogP contribution in [0.2, 0.25) is 0 Å². The third-order valence-corrected chi connectivity index (χ3v) is 6.06. The fraction of sp³-hybridized carbons (Fsp3) is 0.333. The monoisotopic (exact) mass is 472 g/mol. The van der Waals surface area contributed by atoms with Crippen LogP contribution in [0.4, 0.5) is 13.2 Å². The number of piperidine rings is 1. The SMILES string of the molecule is COc1ccc(C(=O)C2CCN(C(=O)c3cnn(-c4ccc(C(F)(F)F)cn4)c3C)CC2)cc1. The van der Waals surface area contributed by atoms with Crippen LogP contribution in [0.5, 0.6) is 5.75 Å². The molecule has 1 saturated heterocycles. The molecule has 34 heavy (non-hydrogen) atoms. The predicted molar refractivity (Wildman–Crippen MR) is 117 cm³/mol. The van der Waals surface area contributed by atoms with Crippen LogP contribution < -0.4 is 4.74 Å². The maximum atomic E-state index is 13.1. The highest BCUT2D eigenvalue weighted by molar-refractivity contribution is 5.98. The number of hydrogen-bond donors (Lipinski definition) is 0. The zero-order valence-corrected chi connectivity index (χ0v) is 18.7. The quantitative estimate of drug-likeness (QED) is 0.517. The van der Waals surface area contributed by atoms with Crippen LogP contribution in [0, 0.1) is 12.8 Å². The second-order valence-electron chi connectivity index (χ2n) is 8.12. The Bertz CT molecular complexity index is 1180.